The van der Waals surface area contributed by atoms with Crippen LogP contribution in [0.2, 0.25) is 5.02 Å². The average molecular weight is 295 g/mol. The molecule has 0 bridgehead atoms. The van der Waals surface area contributed by atoms with Crippen molar-refractivity contribution >= 4 is 34.9 Å². The highest BCUT2D eigenvalue weighted by Crippen LogP contribution is 2.45. The molecule has 3 rings (SSSR count). The fourth-order valence-electron chi connectivity index (χ4n) is 3.39. The average Bonchev–Trinajstić information content (AvgIpc) is 2.66. The summed E-state index contributed by atoms with van der Waals surface area (Å²) in [5.74, 6) is 0. The molecule has 1 unspecified atom stereocenters. The highest BCUT2D eigenvalue weighted by molar-refractivity contribution is 7.71. The smallest absolute Gasteiger partial charge is 0.178 e. The van der Waals surface area contributed by atoms with Gasteiger partial charge in [0.1, 0.15) is 0 Å². The highest BCUT2D eigenvalue weighted by atomic mass is 35.5. The Labute approximate surface area is 123 Å². The monoisotopic (exact) mass is 294 g/mol. The second-order valence-corrected chi connectivity index (χ2v) is 6.98. The first kappa shape index (κ1) is 13.2. The Morgan fingerprint density at radius 2 is 2.16 bits per heavy atom. The van der Waals surface area contributed by atoms with Crippen LogP contribution in [-0.4, -0.2) is 9.55 Å². The second kappa shape index (κ2) is 4.64. The van der Waals surface area contributed by atoms with Crippen LogP contribution >= 0.6 is 23.8 Å². The predicted molar refractivity (Wildman–Crippen MR) is 83.4 cm³/mol. The summed E-state index contributed by atoms with van der Waals surface area (Å²) in [6.45, 7) is 4.68. The van der Waals surface area contributed by atoms with E-state index in [1.54, 1.807) is 0 Å². The van der Waals surface area contributed by atoms with Gasteiger partial charge in [0.2, 0.25) is 0 Å². The van der Waals surface area contributed by atoms with Gasteiger partial charge in [-0.05, 0) is 42.6 Å². The maximum Gasteiger partial charge on any atom is 0.178 e. The van der Waals surface area contributed by atoms with Gasteiger partial charge in [0.05, 0.1) is 16.1 Å². The molecule has 1 aliphatic rings. The molecule has 1 atom stereocenters. The van der Waals surface area contributed by atoms with Gasteiger partial charge < -0.3 is 9.55 Å². The third kappa shape index (κ3) is 2.13. The van der Waals surface area contributed by atoms with Gasteiger partial charge >= 0.3 is 0 Å². The maximum absolute atomic E-state index is 6.40. The fourth-order valence-corrected chi connectivity index (χ4v) is 3.98. The van der Waals surface area contributed by atoms with Gasteiger partial charge in [-0.25, -0.2) is 0 Å². The van der Waals surface area contributed by atoms with E-state index >= 15 is 0 Å². The third-order valence-corrected chi connectivity index (χ3v) is 5.05. The van der Waals surface area contributed by atoms with Crippen molar-refractivity contribution in [3.63, 3.8) is 0 Å². The lowest BCUT2D eigenvalue weighted by molar-refractivity contribution is 0.146. The summed E-state index contributed by atoms with van der Waals surface area (Å²) in [4.78, 5) is 3.30. The summed E-state index contributed by atoms with van der Waals surface area (Å²) in [6.07, 6.45) is 5.01. The van der Waals surface area contributed by atoms with Crippen LogP contribution < -0.4 is 0 Å². The molecular weight excluding hydrogens is 276 g/mol. The van der Waals surface area contributed by atoms with Crippen LogP contribution in [0.3, 0.4) is 0 Å². The van der Waals surface area contributed by atoms with Crippen LogP contribution in [0.15, 0.2) is 18.2 Å². The number of halogens is 1. The Hall–Kier alpha value is -0.800. The minimum Gasteiger partial charge on any atom is -0.331 e. The van der Waals surface area contributed by atoms with Crippen molar-refractivity contribution in [3.8, 4) is 0 Å². The SMILES string of the molecule is CC1(C)CCCCC1n1c(=S)[nH]c2cccc(Cl)c21. The normalized spacial score (nSPS) is 22.8. The number of benzene rings is 1. The van der Waals surface area contributed by atoms with Crippen molar-refractivity contribution in [1.29, 1.82) is 0 Å². The first-order valence-electron chi connectivity index (χ1n) is 6.89. The standard InChI is InChI=1S/C15H19ClN2S/c1-15(2)9-4-3-8-12(15)18-13-10(16)6-5-7-11(13)17-14(18)19/h5-7,12H,3-4,8-9H2,1-2H3,(H,17,19). The largest absolute Gasteiger partial charge is 0.331 e. The number of aromatic nitrogens is 2. The Balaban J connectivity index is 2.25. The molecule has 1 aromatic carbocycles. The summed E-state index contributed by atoms with van der Waals surface area (Å²) < 4.78 is 3.05. The number of H-pyrrole nitrogens is 1. The summed E-state index contributed by atoms with van der Waals surface area (Å²) in [6, 6.07) is 6.39. The number of para-hydroxylation sites is 1. The molecule has 2 aromatic rings. The Morgan fingerprint density at radius 3 is 2.89 bits per heavy atom. The number of aromatic amines is 1. The lowest BCUT2D eigenvalue weighted by atomic mass is 9.73. The first-order chi connectivity index (χ1) is 9.00. The molecule has 0 aliphatic heterocycles. The summed E-state index contributed by atoms with van der Waals surface area (Å²) >= 11 is 11.9. The van der Waals surface area contributed by atoms with Crippen LogP contribution in [0.4, 0.5) is 0 Å². The molecule has 0 amide bonds. The molecule has 0 spiro atoms. The van der Waals surface area contributed by atoms with Crippen molar-refractivity contribution < 1.29 is 0 Å². The van der Waals surface area contributed by atoms with E-state index in [0.717, 1.165) is 20.8 Å². The fraction of sp³-hybridized carbons (Fsp3) is 0.533. The predicted octanol–water partition coefficient (Wildman–Crippen LogP) is 5.49. The molecule has 0 saturated heterocycles. The molecule has 1 saturated carbocycles. The summed E-state index contributed by atoms with van der Waals surface area (Å²) in [7, 11) is 0. The van der Waals surface area contributed by atoms with Crippen molar-refractivity contribution in [2.24, 2.45) is 5.41 Å². The molecule has 2 nitrogen and oxygen atoms in total. The van der Waals surface area contributed by atoms with Crippen molar-refractivity contribution in [2.45, 2.75) is 45.6 Å². The van der Waals surface area contributed by atoms with E-state index in [4.69, 9.17) is 23.8 Å². The quantitative estimate of drug-likeness (QED) is 0.689. The number of hydrogen-bond acceptors (Lipinski definition) is 1. The zero-order chi connectivity index (χ0) is 13.6. The van der Waals surface area contributed by atoms with E-state index in [-0.39, 0.29) is 5.41 Å². The zero-order valence-electron chi connectivity index (χ0n) is 11.4. The van der Waals surface area contributed by atoms with Gasteiger partial charge in [0.25, 0.3) is 0 Å². The minimum atomic E-state index is 0.269. The molecule has 4 heteroatoms. The first-order valence-corrected chi connectivity index (χ1v) is 7.68. The Kier molecular flexibility index (Phi) is 3.22. The zero-order valence-corrected chi connectivity index (χ0v) is 12.9. The number of nitrogens with zero attached hydrogens (tertiary/aromatic N) is 1. The van der Waals surface area contributed by atoms with Gasteiger partial charge in [-0.2, -0.15) is 0 Å². The van der Waals surface area contributed by atoms with E-state index < -0.39 is 0 Å². The van der Waals surface area contributed by atoms with Crippen LogP contribution in [0.5, 0.6) is 0 Å². The molecule has 1 aromatic heterocycles. The van der Waals surface area contributed by atoms with E-state index in [9.17, 15) is 0 Å². The number of nitrogens with one attached hydrogen (secondary N) is 1. The van der Waals surface area contributed by atoms with Crippen LogP contribution in [0, 0.1) is 10.2 Å². The molecule has 19 heavy (non-hydrogen) atoms. The molecule has 102 valence electrons. The van der Waals surface area contributed by atoms with Gasteiger partial charge in [-0.15, -0.1) is 0 Å². The summed E-state index contributed by atoms with van der Waals surface area (Å²) in [5.41, 5.74) is 2.37. The van der Waals surface area contributed by atoms with Crippen molar-refractivity contribution in [1.82, 2.24) is 9.55 Å². The molecule has 1 fully saturated rings. The Bertz CT molecular complexity index is 668. The van der Waals surface area contributed by atoms with Crippen molar-refractivity contribution in [3.05, 3.63) is 28.0 Å². The van der Waals surface area contributed by atoms with E-state index in [0.29, 0.717) is 6.04 Å². The van der Waals surface area contributed by atoms with Crippen molar-refractivity contribution in [2.75, 3.05) is 0 Å². The number of fused-ring (bicyclic) bond motifs is 1. The summed E-state index contributed by atoms with van der Waals surface area (Å²) in [5, 5.41) is 0.784. The van der Waals surface area contributed by atoms with Gasteiger partial charge in [0, 0.05) is 6.04 Å². The number of hydrogen-bond donors (Lipinski definition) is 1. The van der Waals surface area contributed by atoms with Crippen LogP contribution in [-0.2, 0) is 0 Å². The molecular formula is C15H19ClN2S. The molecule has 0 radical (unpaired) electrons. The maximum atomic E-state index is 6.40. The number of rotatable bonds is 1. The minimum absolute atomic E-state index is 0.269. The second-order valence-electron chi connectivity index (χ2n) is 6.19. The Morgan fingerprint density at radius 1 is 1.37 bits per heavy atom. The highest BCUT2D eigenvalue weighted by Gasteiger charge is 2.34. The third-order valence-electron chi connectivity index (χ3n) is 4.45. The van der Waals surface area contributed by atoms with Crippen LogP contribution in [0.25, 0.3) is 11.0 Å². The van der Waals surface area contributed by atoms with E-state index in [1.165, 1.54) is 25.7 Å². The van der Waals surface area contributed by atoms with Gasteiger partial charge in [0.15, 0.2) is 4.77 Å². The van der Waals surface area contributed by atoms with Gasteiger partial charge in [-0.3, -0.25) is 0 Å². The lowest BCUT2D eigenvalue weighted by Crippen LogP contribution is -2.30. The molecule has 1 heterocycles. The van der Waals surface area contributed by atoms with E-state index in [2.05, 4.69) is 23.4 Å². The van der Waals surface area contributed by atoms with E-state index in [1.807, 2.05) is 18.2 Å². The lowest BCUT2D eigenvalue weighted by Gasteiger charge is -2.39. The van der Waals surface area contributed by atoms with Crippen LogP contribution in [0.1, 0.15) is 45.6 Å². The van der Waals surface area contributed by atoms with Gasteiger partial charge in [-0.1, -0.05) is 44.4 Å². The number of imidazole rings is 1. The topological polar surface area (TPSA) is 20.7 Å². The molecule has 1 aliphatic carbocycles. The molecule has 1 N–H and O–H groups in total.